The van der Waals surface area contributed by atoms with Gasteiger partial charge in [-0.3, -0.25) is 19.2 Å². The van der Waals surface area contributed by atoms with Crippen molar-refractivity contribution in [2.24, 2.45) is 0 Å². The molecular formula is C35H53N7O6. The van der Waals surface area contributed by atoms with Gasteiger partial charge in [-0.15, -0.1) is 0 Å². The van der Waals surface area contributed by atoms with E-state index in [-0.39, 0.29) is 29.4 Å². The highest BCUT2D eigenvalue weighted by molar-refractivity contribution is 5.97. The Bertz CT molecular complexity index is 1500. The van der Waals surface area contributed by atoms with Crippen molar-refractivity contribution in [1.29, 1.82) is 0 Å². The van der Waals surface area contributed by atoms with Crippen LogP contribution in [-0.2, 0) is 27.4 Å². The minimum atomic E-state index is -0.360. The fourth-order valence-corrected chi connectivity index (χ4v) is 5.82. The number of fused-ring (bicyclic) bond motifs is 1. The molecule has 3 heterocycles. The molecule has 0 spiro atoms. The number of morpholine rings is 1. The number of imidazole rings is 1. The number of nitrogens with zero attached hydrogens (tertiary/aromatic N) is 5. The highest BCUT2D eigenvalue weighted by atomic mass is 16.5. The largest absolute Gasteiger partial charge is 0.465 e. The predicted molar refractivity (Wildman–Crippen MR) is 185 cm³/mol. The number of aromatic nitrogens is 4. The van der Waals surface area contributed by atoms with E-state index in [4.69, 9.17) is 14.2 Å². The van der Waals surface area contributed by atoms with Gasteiger partial charge in [0.2, 0.25) is 5.91 Å². The van der Waals surface area contributed by atoms with Crippen molar-refractivity contribution in [3.63, 3.8) is 0 Å². The number of carbonyl (C=O) groups is 2. The van der Waals surface area contributed by atoms with Crippen LogP contribution in [0.25, 0.3) is 11.2 Å². The van der Waals surface area contributed by atoms with E-state index in [1.807, 2.05) is 18.2 Å². The predicted octanol–water partition coefficient (Wildman–Crippen LogP) is 4.61. The van der Waals surface area contributed by atoms with Gasteiger partial charge in [-0.25, -0.2) is 9.59 Å². The van der Waals surface area contributed by atoms with Crippen LogP contribution in [0.15, 0.2) is 29.1 Å². The maximum atomic E-state index is 13.2. The number of esters is 1. The van der Waals surface area contributed by atoms with Crippen LogP contribution >= 0.6 is 0 Å². The van der Waals surface area contributed by atoms with Crippen LogP contribution < -0.4 is 15.7 Å². The first-order chi connectivity index (χ1) is 23.4. The number of aryl methyl sites for hydroxylation is 1. The van der Waals surface area contributed by atoms with Crippen molar-refractivity contribution >= 4 is 28.9 Å². The van der Waals surface area contributed by atoms with Crippen LogP contribution in [0.2, 0.25) is 0 Å². The Morgan fingerprint density at radius 1 is 1.00 bits per heavy atom. The molecule has 13 heteroatoms. The minimum absolute atomic E-state index is 0.139. The van der Waals surface area contributed by atoms with Gasteiger partial charge < -0.3 is 24.5 Å². The van der Waals surface area contributed by atoms with E-state index in [0.717, 1.165) is 96.4 Å². The molecule has 1 saturated heterocycles. The minimum Gasteiger partial charge on any atom is -0.465 e. The number of rotatable bonds is 21. The highest BCUT2D eigenvalue weighted by Crippen LogP contribution is 2.22. The van der Waals surface area contributed by atoms with E-state index < -0.39 is 0 Å². The number of methoxy groups -OCH3 is 1. The summed E-state index contributed by atoms with van der Waals surface area (Å²) >= 11 is 0. The zero-order valence-corrected chi connectivity index (χ0v) is 28.9. The molecule has 0 saturated carbocycles. The number of H-pyrrole nitrogens is 1. The van der Waals surface area contributed by atoms with Gasteiger partial charge in [0.1, 0.15) is 5.52 Å². The number of hydrogen-bond donors (Lipinski definition) is 2. The van der Waals surface area contributed by atoms with Crippen molar-refractivity contribution < 1.29 is 23.8 Å². The van der Waals surface area contributed by atoms with Gasteiger partial charge in [0.25, 0.3) is 0 Å². The van der Waals surface area contributed by atoms with Crippen molar-refractivity contribution in [3.05, 3.63) is 45.9 Å². The second kappa shape index (κ2) is 19.9. The Kier molecular flexibility index (Phi) is 15.3. The summed E-state index contributed by atoms with van der Waals surface area (Å²) in [5.74, 6) is -0.247. The van der Waals surface area contributed by atoms with E-state index in [0.29, 0.717) is 49.3 Å². The number of nitrogens with one attached hydrogen (secondary N) is 2. The van der Waals surface area contributed by atoms with Gasteiger partial charge >= 0.3 is 17.7 Å². The van der Waals surface area contributed by atoms with Gasteiger partial charge in [-0.1, -0.05) is 51.7 Å². The molecule has 1 aliphatic rings. The maximum absolute atomic E-state index is 13.2. The third-order valence-electron chi connectivity index (χ3n) is 8.51. The molecule has 48 heavy (non-hydrogen) atoms. The van der Waals surface area contributed by atoms with Gasteiger partial charge in [-0.05, 0) is 56.5 Å². The third kappa shape index (κ3) is 11.4. The first-order valence-electron chi connectivity index (χ1n) is 17.5. The molecule has 264 valence electrons. The third-order valence-corrected chi connectivity index (χ3v) is 8.51. The molecular weight excluding hydrogens is 614 g/mol. The molecule has 0 bridgehead atoms. The average Bonchev–Trinajstić information content (AvgIpc) is 3.41. The number of hydrogen-bond acceptors (Lipinski definition) is 10. The second-order valence-electron chi connectivity index (χ2n) is 12.3. The molecule has 0 radical (unpaired) electrons. The molecule has 0 aliphatic carbocycles. The fourth-order valence-electron chi connectivity index (χ4n) is 5.82. The molecule has 3 aromatic rings. The topological polar surface area (TPSA) is 144 Å². The maximum Gasteiger partial charge on any atom is 0.337 e. The van der Waals surface area contributed by atoms with Crippen molar-refractivity contribution in [1.82, 2.24) is 29.3 Å². The van der Waals surface area contributed by atoms with Crippen molar-refractivity contribution in [3.8, 4) is 6.01 Å². The molecule has 1 fully saturated rings. The zero-order chi connectivity index (χ0) is 34.1. The molecule has 1 aliphatic heterocycles. The van der Waals surface area contributed by atoms with Crippen molar-refractivity contribution in [2.75, 3.05) is 65.0 Å². The molecule has 4 rings (SSSR count). The van der Waals surface area contributed by atoms with E-state index in [9.17, 15) is 14.4 Å². The van der Waals surface area contributed by atoms with E-state index >= 15 is 0 Å². The second-order valence-corrected chi connectivity index (χ2v) is 12.3. The number of amides is 1. The lowest BCUT2D eigenvalue weighted by Crippen LogP contribution is -2.38. The smallest absolute Gasteiger partial charge is 0.337 e. The Morgan fingerprint density at radius 3 is 2.52 bits per heavy atom. The molecule has 0 unspecified atom stereocenters. The van der Waals surface area contributed by atoms with Crippen LogP contribution in [0.4, 0.5) is 5.82 Å². The summed E-state index contributed by atoms with van der Waals surface area (Å²) < 4.78 is 17.9. The first kappa shape index (κ1) is 37.0. The molecule has 13 nitrogen and oxygen atoms in total. The summed E-state index contributed by atoms with van der Waals surface area (Å²) in [4.78, 5) is 54.9. The lowest BCUT2D eigenvalue weighted by Gasteiger charge is -2.28. The number of aromatic amines is 1. The lowest BCUT2D eigenvalue weighted by molar-refractivity contribution is -0.116. The van der Waals surface area contributed by atoms with Crippen LogP contribution in [0.1, 0.15) is 87.6 Å². The standard InChI is InChI=1S/C35H53N7O6/c1-4-6-8-9-15-29(43)36-31-30-32(39-34(38-31)48-22-7-5-2)42(35(45)37-30)19-12-18-41(17-11-16-40-20-23-47-24-21-40)26-27-13-10-14-28(25-27)33(44)46-3/h10,13-14,25H,4-9,11-12,15-24,26H2,1-3H3,(H,37,45)(H,36,38,39,43). The average molecular weight is 668 g/mol. The Morgan fingerprint density at radius 2 is 1.77 bits per heavy atom. The number of anilines is 1. The van der Waals surface area contributed by atoms with Gasteiger partial charge in [0, 0.05) is 39.1 Å². The van der Waals surface area contributed by atoms with Gasteiger partial charge in [0.05, 0.1) is 32.5 Å². The van der Waals surface area contributed by atoms with E-state index in [1.165, 1.54) is 7.11 Å². The lowest BCUT2D eigenvalue weighted by atomic mass is 10.1. The van der Waals surface area contributed by atoms with E-state index in [1.54, 1.807) is 10.6 Å². The molecule has 0 atom stereocenters. The number of benzene rings is 1. The van der Waals surface area contributed by atoms with E-state index in [2.05, 4.69) is 43.9 Å². The van der Waals surface area contributed by atoms with Crippen LogP contribution in [0.3, 0.4) is 0 Å². The monoisotopic (exact) mass is 667 g/mol. The Labute approximate surface area is 283 Å². The first-order valence-corrected chi connectivity index (χ1v) is 17.5. The summed E-state index contributed by atoms with van der Waals surface area (Å²) in [6.45, 7) is 11.7. The summed E-state index contributed by atoms with van der Waals surface area (Å²) in [5.41, 5.74) is 2.03. The Balaban J connectivity index is 1.48. The molecule has 2 aromatic heterocycles. The number of carbonyl (C=O) groups excluding carboxylic acids is 2. The zero-order valence-electron chi connectivity index (χ0n) is 28.9. The highest BCUT2D eigenvalue weighted by Gasteiger charge is 2.19. The SMILES string of the molecule is CCCCCCC(=O)Nc1nc(OCCCC)nc2c1[nH]c(=O)n2CCCN(CCCN1CCOCC1)Cc1cccc(C(=O)OC)c1. The quantitative estimate of drug-likeness (QED) is 0.122. The summed E-state index contributed by atoms with van der Waals surface area (Å²) in [5, 5.41) is 2.90. The summed E-state index contributed by atoms with van der Waals surface area (Å²) in [6, 6.07) is 7.66. The Hall–Kier alpha value is -3.81. The fraction of sp³-hybridized carbons (Fsp3) is 0.629. The van der Waals surface area contributed by atoms with Crippen molar-refractivity contribution in [2.45, 2.75) is 84.7 Å². The van der Waals surface area contributed by atoms with Gasteiger partial charge in [-0.2, -0.15) is 9.97 Å². The van der Waals surface area contributed by atoms with Crippen LogP contribution in [-0.4, -0.2) is 101 Å². The molecule has 1 amide bonds. The van der Waals surface area contributed by atoms with Crippen LogP contribution in [0.5, 0.6) is 6.01 Å². The normalized spacial score (nSPS) is 13.7. The van der Waals surface area contributed by atoms with Crippen LogP contribution in [0, 0.1) is 0 Å². The number of ether oxygens (including phenoxy) is 3. The molecule has 1 aromatic carbocycles. The molecule has 2 N–H and O–H groups in total. The summed E-state index contributed by atoms with van der Waals surface area (Å²) in [7, 11) is 1.39. The number of unbranched alkanes of at least 4 members (excludes halogenated alkanes) is 4. The van der Waals surface area contributed by atoms with Gasteiger partial charge in [0.15, 0.2) is 11.5 Å². The summed E-state index contributed by atoms with van der Waals surface area (Å²) in [6.07, 6.45) is 7.79.